The Kier molecular flexibility index (Phi) is 11.2. The van der Waals surface area contributed by atoms with Crippen LogP contribution >= 0.6 is 11.8 Å². The first-order valence-corrected chi connectivity index (χ1v) is 13.5. The Morgan fingerprint density at radius 1 is 1.05 bits per heavy atom. The third-order valence-corrected chi connectivity index (χ3v) is 7.01. The van der Waals surface area contributed by atoms with Gasteiger partial charge in [0, 0.05) is 62.9 Å². The highest BCUT2D eigenvalue weighted by Gasteiger charge is 2.13. The van der Waals surface area contributed by atoms with Crippen LogP contribution in [0.2, 0.25) is 0 Å². The largest absolute Gasteiger partial charge is 0.346 e. The van der Waals surface area contributed by atoms with E-state index in [-0.39, 0.29) is 11.5 Å². The third kappa shape index (κ3) is 9.03. The van der Waals surface area contributed by atoms with E-state index in [0.717, 1.165) is 43.5 Å². The normalized spacial score (nSPS) is 11.0. The average molecular weight is 530 g/mol. The first-order valence-electron chi connectivity index (χ1n) is 12.5. The minimum atomic E-state index is -0.916. The fraction of sp³-hybridized carbons (Fsp3) is 0.444. The van der Waals surface area contributed by atoms with Crippen LogP contribution < -0.4 is 5.56 Å². The summed E-state index contributed by atoms with van der Waals surface area (Å²) < 4.78 is 28.8. The van der Waals surface area contributed by atoms with Crippen LogP contribution in [0.25, 0.3) is 0 Å². The van der Waals surface area contributed by atoms with Gasteiger partial charge in [-0.05, 0) is 36.1 Å². The lowest BCUT2D eigenvalue weighted by molar-refractivity contribution is -0.130. The van der Waals surface area contributed by atoms with Crippen LogP contribution in [-0.2, 0) is 23.5 Å². The summed E-state index contributed by atoms with van der Waals surface area (Å²) in [7, 11) is 1.83. The molecule has 7 nitrogen and oxygen atoms in total. The molecule has 3 aromatic rings. The van der Waals surface area contributed by atoms with Crippen molar-refractivity contribution in [2.24, 2.45) is 0 Å². The van der Waals surface area contributed by atoms with Gasteiger partial charge < -0.3 is 9.47 Å². The Morgan fingerprint density at radius 2 is 1.84 bits per heavy atom. The van der Waals surface area contributed by atoms with E-state index < -0.39 is 11.6 Å². The fourth-order valence-electron chi connectivity index (χ4n) is 3.83. The number of rotatable bonds is 14. The van der Waals surface area contributed by atoms with E-state index in [2.05, 4.69) is 21.9 Å². The summed E-state index contributed by atoms with van der Waals surface area (Å²) in [6.07, 6.45) is 12.2. The molecular formula is C27H33F2N5O2S. The summed E-state index contributed by atoms with van der Waals surface area (Å²) in [6.45, 7) is 3.39. The summed E-state index contributed by atoms with van der Waals surface area (Å²) >= 11 is 1.27. The second-order valence-electron chi connectivity index (χ2n) is 8.99. The molecule has 1 aromatic carbocycles. The Bertz CT molecular complexity index is 1220. The Morgan fingerprint density at radius 3 is 2.57 bits per heavy atom. The van der Waals surface area contributed by atoms with Gasteiger partial charge in [0.25, 0.3) is 5.56 Å². The van der Waals surface area contributed by atoms with Crippen molar-refractivity contribution in [1.82, 2.24) is 24.4 Å². The number of thioether (sulfide) groups is 1. The van der Waals surface area contributed by atoms with Gasteiger partial charge in [-0.25, -0.2) is 18.7 Å². The number of nitrogens with zero attached hydrogens (tertiary/aromatic N) is 5. The van der Waals surface area contributed by atoms with Gasteiger partial charge in [-0.15, -0.1) is 0 Å². The average Bonchev–Trinajstić information content (AvgIpc) is 2.89. The topological polar surface area (TPSA) is 81.0 Å². The number of hydrogen-bond donors (Lipinski definition) is 0. The van der Waals surface area contributed by atoms with Gasteiger partial charge in [0.2, 0.25) is 5.91 Å². The quantitative estimate of drug-likeness (QED) is 0.166. The van der Waals surface area contributed by atoms with E-state index in [1.807, 2.05) is 11.6 Å². The van der Waals surface area contributed by atoms with E-state index in [9.17, 15) is 18.4 Å². The number of aromatic nitrogens is 4. The lowest BCUT2D eigenvalue weighted by Crippen LogP contribution is -2.28. The van der Waals surface area contributed by atoms with Gasteiger partial charge in [-0.1, -0.05) is 44.0 Å². The molecule has 2 aromatic heterocycles. The van der Waals surface area contributed by atoms with Crippen LogP contribution in [0.5, 0.6) is 0 Å². The van der Waals surface area contributed by atoms with Crippen LogP contribution in [0.15, 0.2) is 53.1 Å². The van der Waals surface area contributed by atoms with Gasteiger partial charge in [0.15, 0.2) is 16.8 Å². The molecule has 2 heterocycles. The molecule has 3 rings (SSSR count). The molecule has 0 N–H and O–H groups in total. The number of aryl methyl sites for hydroxylation is 1. The minimum Gasteiger partial charge on any atom is -0.346 e. The van der Waals surface area contributed by atoms with Crippen molar-refractivity contribution >= 4 is 17.7 Å². The maximum Gasteiger partial charge on any atom is 0.277 e. The SMILES string of the molecule is CCCCCCN(C)C(=O)CCCn1cc(Cc2cncnc2)c(=O)nc1SCc1ccc(F)c(F)c1. The predicted octanol–water partition coefficient (Wildman–Crippen LogP) is 5.01. The Labute approximate surface area is 220 Å². The smallest absolute Gasteiger partial charge is 0.277 e. The zero-order valence-corrected chi connectivity index (χ0v) is 22.1. The number of halogens is 2. The summed E-state index contributed by atoms with van der Waals surface area (Å²) in [5, 5.41) is 0.461. The van der Waals surface area contributed by atoms with Gasteiger partial charge in [-0.3, -0.25) is 9.59 Å². The van der Waals surface area contributed by atoms with E-state index in [0.29, 0.717) is 47.8 Å². The molecule has 37 heavy (non-hydrogen) atoms. The number of hydrogen-bond acceptors (Lipinski definition) is 6. The van der Waals surface area contributed by atoms with Crippen molar-refractivity contribution in [2.45, 2.75) is 69.3 Å². The second-order valence-corrected chi connectivity index (χ2v) is 9.93. The molecule has 1 amide bonds. The van der Waals surface area contributed by atoms with Crippen LogP contribution in [0.3, 0.4) is 0 Å². The molecule has 0 atom stereocenters. The van der Waals surface area contributed by atoms with Crippen molar-refractivity contribution in [3.8, 4) is 0 Å². The molecule has 10 heteroatoms. The van der Waals surface area contributed by atoms with Crippen LogP contribution in [0, 0.1) is 11.6 Å². The van der Waals surface area contributed by atoms with Gasteiger partial charge in [-0.2, -0.15) is 4.98 Å². The van der Waals surface area contributed by atoms with Crippen molar-refractivity contribution < 1.29 is 13.6 Å². The molecule has 0 saturated heterocycles. The molecule has 0 bridgehead atoms. The van der Waals surface area contributed by atoms with Gasteiger partial charge in [0.05, 0.1) is 0 Å². The maximum absolute atomic E-state index is 13.6. The molecular weight excluding hydrogens is 496 g/mol. The van der Waals surface area contributed by atoms with Crippen LogP contribution in [0.1, 0.15) is 62.1 Å². The highest BCUT2D eigenvalue weighted by atomic mass is 32.2. The van der Waals surface area contributed by atoms with Crippen molar-refractivity contribution in [1.29, 1.82) is 0 Å². The number of carbonyl (C=O) groups excluding carboxylic acids is 1. The van der Waals surface area contributed by atoms with Crippen molar-refractivity contribution in [3.05, 3.63) is 81.8 Å². The van der Waals surface area contributed by atoms with Crippen molar-refractivity contribution in [3.63, 3.8) is 0 Å². The molecule has 0 aliphatic rings. The second kappa shape index (κ2) is 14.6. The van der Waals surface area contributed by atoms with Crippen LogP contribution in [0.4, 0.5) is 8.78 Å². The molecule has 0 saturated carbocycles. The lowest BCUT2D eigenvalue weighted by atomic mass is 10.1. The fourth-order valence-corrected chi connectivity index (χ4v) is 4.76. The zero-order valence-electron chi connectivity index (χ0n) is 21.3. The highest BCUT2D eigenvalue weighted by molar-refractivity contribution is 7.98. The molecule has 0 unspecified atom stereocenters. The maximum atomic E-state index is 13.6. The number of amides is 1. The first kappa shape index (κ1) is 28.4. The monoisotopic (exact) mass is 529 g/mol. The summed E-state index contributed by atoms with van der Waals surface area (Å²) in [4.78, 5) is 39.4. The molecule has 0 spiro atoms. The van der Waals surface area contributed by atoms with E-state index in [1.165, 1.54) is 30.6 Å². The number of unbranched alkanes of at least 4 members (excludes halogenated alkanes) is 3. The van der Waals surface area contributed by atoms with E-state index >= 15 is 0 Å². The Balaban J connectivity index is 1.70. The minimum absolute atomic E-state index is 0.0863. The lowest BCUT2D eigenvalue weighted by Gasteiger charge is -2.18. The van der Waals surface area contributed by atoms with Crippen molar-refractivity contribution in [2.75, 3.05) is 13.6 Å². The standard InChI is InChI=1S/C27H33F2N5O2S/c1-3-4-5-6-11-33(2)25(35)8-7-12-34-17-22(13-21-15-30-19-31-16-21)26(36)32-27(34)37-18-20-9-10-23(28)24(29)14-20/h9-10,14-17,19H,3-8,11-13,18H2,1-2H3. The molecule has 0 aliphatic heterocycles. The number of benzene rings is 1. The molecule has 0 fully saturated rings. The third-order valence-electron chi connectivity index (χ3n) is 5.95. The highest BCUT2D eigenvalue weighted by Crippen LogP contribution is 2.22. The summed E-state index contributed by atoms with van der Waals surface area (Å²) in [6, 6.07) is 3.73. The molecule has 0 radical (unpaired) electrons. The van der Waals surface area contributed by atoms with E-state index in [1.54, 1.807) is 23.5 Å². The van der Waals surface area contributed by atoms with Gasteiger partial charge in [0.1, 0.15) is 6.33 Å². The number of carbonyl (C=O) groups is 1. The molecule has 0 aliphatic carbocycles. The summed E-state index contributed by atoms with van der Waals surface area (Å²) in [5.74, 6) is -1.42. The zero-order chi connectivity index (χ0) is 26.6. The van der Waals surface area contributed by atoms with Gasteiger partial charge >= 0.3 is 0 Å². The Hall–Kier alpha value is -3.14. The molecule has 198 valence electrons. The van der Waals surface area contributed by atoms with Crippen LogP contribution in [-0.4, -0.2) is 43.9 Å². The summed E-state index contributed by atoms with van der Waals surface area (Å²) in [5.41, 5.74) is 1.49. The first-order chi connectivity index (χ1) is 17.9. The van der Waals surface area contributed by atoms with E-state index in [4.69, 9.17) is 0 Å². The predicted molar refractivity (Wildman–Crippen MR) is 140 cm³/mol.